The van der Waals surface area contributed by atoms with E-state index in [1.54, 1.807) is 18.2 Å². The van der Waals surface area contributed by atoms with Gasteiger partial charge in [0.2, 0.25) is 11.8 Å². The van der Waals surface area contributed by atoms with E-state index >= 15 is 0 Å². The Bertz CT molecular complexity index is 517. The number of allylic oxidation sites excluding steroid dienone is 1. The maximum atomic E-state index is 12.3. The minimum absolute atomic E-state index is 0.178. The van der Waals surface area contributed by atoms with Crippen molar-refractivity contribution in [3.8, 4) is 0 Å². The van der Waals surface area contributed by atoms with Crippen LogP contribution in [-0.4, -0.2) is 35.2 Å². The molecule has 19 heavy (non-hydrogen) atoms. The second-order valence-corrected chi connectivity index (χ2v) is 4.54. The molecular weight excluding hydrogens is 244 g/mol. The molecule has 0 aromatic carbocycles. The van der Waals surface area contributed by atoms with E-state index in [1.165, 1.54) is 4.90 Å². The van der Waals surface area contributed by atoms with Crippen LogP contribution in [-0.2, 0) is 14.4 Å². The summed E-state index contributed by atoms with van der Waals surface area (Å²) in [5, 5.41) is 2.27. The zero-order valence-corrected chi connectivity index (χ0v) is 10.8. The topological polar surface area (TPSA) is 66.5 Å². The molecule has 1 atom stereocenters. The summed E-state index contributed by atoms with van der Waals surface area (Å²) in [4.78, 5) is 36.7. The second kappa shape index (κ2) is 5.22. The van der Waals surface area contributed by atoms with Crippen LogP contribution in [0.2, 0.25) is 0 Å². The van der Waals surface area contributed by atoms with E-state index in [4.69, 9.17) is 0 Å². The summed E-state index contributed by atoms with van der Waals surface area (Å²) in [5.74, 6) is -0.851. The van der Waals surface area contributed by atoms with Gasteiger partial charge in [0.15, 0.2) is 0 Å². The first kappa shape index (κ1) is 13.3. The van der Waals surface area contributed by atoms with Gasteiger partial charge < -0.3 is 4.90 Å². The summed E-state index contributed by atoms with van der Waals surface area (Å²) in [7, 11) is 0. The molecule has 0 aromatic heterocycles. The molecule has 0 aliphatic carbocycles. The summed E-state index contributed by atoms with van der Waals surface area (Å²) in [6, 6.07) is -0.567. The summed E-state index contributed by atoms with van der Waals surface area (Å²) in [6.07, 6.45) is 5.79. The van der Waals surface area contributed by atoms with Gasteiger partial charge in [0, 0.05) is 18.5 Å². The van der Waals surface area contributed by atoms with Crippen LogP contribution in [0.1, 0.15) is 19.8 Å². The van der Waals surface area contributed by atoms with E-state index in [0.717, 1.165) is 5.57 Å². The highest BCUT2D eigenvalue weighted by Gasteiger charge is 2.38. The molecule has 1 unspecified atom stereocenters. The van der Waals surface area contributed by atoms with E-state index in [0.29, 0.717) is 18.5 Å². The Morgan fingerprint density at radius 3 is 2.68 bits per heavy atom. The largest absolute Gasteiger partial charge is 0.322 e. The van der Waals surface area contributed by atoms with Crippen molar-refractivity contribution in [2.24, 2.45) is 0 Å². The van der Waals surface area contributed by atoms with Crippen molar-refractivity contribution in [3.63, 3.8) is 0 Å². The number of hydrogen-bond acceptors (Lipinski definition) is 3. The lowest BCUT2D eigenvalue weighted by Gasteiger charge is -2.29. The lowest BCUT2D eigenvalue weighted by atomic mass is 10.0. The van der Waals surface area contributed by atoms with Gasteiger partial charge in [-0.05, 0) is 18.9 Å². The van der Waals surface area contributed by atoms with Gasteiger partial charge in [0.25, 0.3) is 5.91 Å². The van der Waals surface area contributed by atoms with Crippen molar-refractivity contribution in [2.75, 3.05) is 6.54 Å². The highest BCUT2D eigenvalue weighted by atomic mass is 16.2. The van der Waals surface area contributed by atoms with Gasteiger partial charge in [-0.15, -0.1) is 0 Å². The van der Waals surface area contributed by atoms with E-state index < -0.39 is 11.9 Å². The Kier molecular flexibility index (Phi) is 3.64. The molecule has 100 valence electrons. The Labute approximate surface area is 111 Å². The normalized spacial score (nSPS) is 24.4. The third-order valence-corrected chi connectivity index (χ3v) is 3.34. The fraction of sp³-hybridized carbons (Fsp3) is 0.357. The molecule has 1 N–H and O–H groups in total. The number of carbonyl (C=O) groups excluding carboxylic acids is 3. The molecule has 3 amide bonds. The molecule has 2 rings (SSSR count). The molecule has 5 nitrogen and oxygen atoms in total. The van der Waals surface area contributed by atoms with Crippen molar-refractivity contribution in [1.29, 1.82) is 0 Å². The number of imide groups is 1. The molecule has 5 heteroatoms. The van der Waals surface area contributed by atoms with E-state index in [1.807, 2.05) is 6.92 Å². The van der Waals surface area contributed by atoms with Gasteiger partial charge in [-0.25, -0.2) is 0 Å². The number of nitrogens with zero attached hydrogens (tertiary/aromatic N) is 1. The van der Waals surface area contributed by atoms with Gasteiger partial charge in [-0.1, -0.05) is 24.8 Å². The summed E-state index contributed by atoms with van der Waals surface area (Å²) < 4.78 is 0. The number of amides is 3. The Balaban J connectivity index is 2.21. The number of hydrogen-bond donors (Lipinski definition) is 1. The first-order valence-corrected chi connectivity index (χ1v) is 6.21. The van der Waals surface area contributed by atoms with Crippen LogP contribution in [0.15, 0.2) is 36.0 Å². The van der Waals surface area contributed by atoms with E-state index in [-0.39, 0.29) is 18.2 Å². The van der Waals surface area contributed by atoms with Crippen molar-refractivity contribution < 1.29 is 14.4 Å². The Morgan fingerprint density at radius 2 is 2.11 bits per heavy atom. The fourth-order valence-electron chi connectivity index (χ4n) is 2.38. The van der Waals surface area contributed by atoms with Crippen molar-refractivity contribution in [3.05, 3.63) is 36.0 Å². The molecule has 2 aliphatic heterocycles. The summed E-state index contributed by atoms with van der Waals surface area (Å²) in [6.45, 7) is 5.89. The van der Waals surface area contributed by atoms with Gasteiger partial charge >= 0.3 is 0 Å². The molecule has 2 heterocycles. The number of nitrogens with one attached hydrogen (secondary N) is 1. The first-order chi connectivity index (χ1) is 9.08. The quantitative estimate of drug-likeness (QED) is 0.759. The predicted molar refractivity (Wildman–Crippen MR) is 69.9 cm³/mol. The predicted octanol–water partition coefficient (Wildman–Crippen LogP) is 0.692. The lowest BCUT2D eigenvalue weighted by molar-refractivity contribution is -0.142. The molecule has 0 spiro atoms. The number of rotatable bonds is 3. The van der Waals surface area contributed by atoms with Crippen LogP contribution in [0.4, 0.5) is 0 Å². The zero-order chi connectivity index (χ0) is 14.0. The average molecular weight is 260 g/mol. The van der Waals surface area contributed by atoms with Crippen molar-refractivity contribution in [2.45, 2.75) is 25.8 Å². The molecular formula is C14H16N2O3. The maximum absolute atomic E-state index is 12.3. The smallest absolute Gasteiger partial charge is 0.255 e. The van der Waals surface area contributed by atoms with Crippen LogP contribution in [0.5, 0.6) is 0 Å². The van der Waals surface area contributed by atoms with Gasteiger partial charge in [0.05, 0.1) is 0 Å². The molecule has 1 saturated heterocycles. The molecule has 0 bridgehead atoms. The molecule has 0 saturated carbocycles. The lowest BCUT2D eigenvalue weighted by Crippen LogP contribution is -2.53. The minimum Gasteiger partial charge on any atom is -0.322 e. The molecule has 2 aliphatic rings. The fourth-order valence-corrected chi connectivity index (χ4v) is 2.38. The van der Waals surface area contributed by atoms with Gasteiger partial charge in [-0.3, -0.25) is 19.7 Å². The minimum atomic E-state index is -0.567. The van der Waals surface area contributed by atoms with Crippen molar-refractivity contribution >= 4 is 17.7 Å². The highest BCUT2D eigenvalue weighted by Crippen LogP contribution is 2.25. The van der Waals surface area contributed by atoms with Crippen LogP contribution in [0.3, 0.4) is 0 Å². The van der Waals surface area contributed by atoms with Crippen LogP contribution < -0.4 is 5.32 Å². The third kappa shape index (κ3) is 2.36. The first-order valence-electron chi connectivity index (χ1n) is 6.21. The van der Waals surface area contributed by atoms with Crippen LogP contribution in [0, 0.1) is 0 Å². The third-order valence-electron chi connectivity index (χ3n) is 3.34. The summed E-state index contributed by atoms with van der Waals surface area (Å²) >= 11 is 0. The van der Waals surface area contributed by atoms with Crippen molar-refractivity contribution in [1.82, 2.24) is 10.2 Å². The second-order valence-electron chi connectivity index (χ2n) is 4.54. The van der Waals surface area contributed by atoms with E-state index in [2.05, 4.69) is 11.9 Å². The van der Waals surface area contributed by atoms with Crippen LogP contribution in [0.25, 0.3) is 0 Å². The van der Waals surface area contributed by atoms with E-state index in [9.17, 15) is 14.4 Å². The van der Waals surface area contributed by atoms with Gasteiger partial charge in [0.1, 0.15) is 6.04 Å². The standard InChI is InChI=1S/C14H16N2O3/c1-3-5-10-9(4-2)8-16(14(10)19)11-6-7-12(17)15-13(11)18/h3-5,11H,2,6-8H2,1H3,(H,15,17,18)/b5-3-. The molecule has 0 aromatic rings. The Hall–Kier alpha value is -2.17. The molecule has 1 fully saturated rings. The van der Waals surface area contributed by atoms with Gasteiger partial charge in [-0.2, -0.15) is 0 Å². The monoisotopic (exact) mass is 260 g/mol. The average Bonchev–Trinajstić information content (AvgIpc) is 2.68. The summed E-state index contributed by atoms with van der Waals surface area (Å²) in [5.41, 5.74) is 1.38. The zero-order valence-electron chi connectivity index (χ0n) is 10.8. The number of piperidine rings is 1. The highest BCUT2D eigenvalue weighted by molar-refractivity contribution is 6.06. The molecule has 0 radical (unpaired) electrons. The number of carbonyl (C=O) groups is 3. The SMILES string of the molecule is C=CC1=C(/C=C\C)C(=O)N(C2CCC(=O)NC2=O)C1. The van der Waals surface area contributed by atoms with Crippen LogP contribution >= 0.6 is 0 Å². The Morgan fingerprint density at radius 1 is 1.37 bits per heavy atom. The maximum Gasteiger partial charge on any atom is 0.255 e.